The zero-order valence-electron chi connectivity index (χ0n) is 59.0. The smallest absolute Gasteiger partial charge is 0.493 e. The monoisotopic (exact) mass is 1230 g/mol. The number of nitrogens with zero attached hydrogens (tertiary/aromatic N) is 2. The van der Waals surface area contributed by atoms with E-state index in [1.807, 2.05) is 0 Å². The van der Waals surface area contributed by atoms with E-state index in [2.05, 4.69) is 104 Å². The van der Waals surface area contributed by atoms with Crippen LogP contribution in [0.25, 0.3) is 16.9 Å². The Bertz CT molecular complexity index is 1720. The largest absolute Gasteiger partial charge is 2.00 e. The van der Waals surface area contributed by atoms with Crippen molar-refractivity contribution in [2.75, 3.05) is 0 Å². The van der Waals surface area contributed by atoms with Crippen molar-refractivity contribution >= 4 is 11.4 Å². The summed E-state index contributed by atoms with van der Waals surface area (Å²) in [5.74, 6) is 0. The Morgan fingerprint density at radius 1 is 0.267 bits per heavy atom. The molecule has 0 N–H and O–H groups in total. The topological polar surface area (TPSA) is 25.3 Å². The average Bonchev–Trinajstić information content (AvgIpc) is 1.75. The van der Waals surface area contributed by atoms with Crippen molar-refractivity contribution in [2.24, 2.45) is 0 Å². The van der Waals surface area contributed by atoms with Gasteiger partial charge in [-0.15, -0.1) is 0 Å². The van der Waals surface area contributed by atoms with Gasteiger partial charge in [0, 0.05) is 22.3 Å². The molecule has 1 aliphatic heterocycles. The number of benzene rings is 2. The first-order valence-corrected chi connectivity index (χ1v) is 38.7. The molecule has 2 aromatic carbocycles. The summed E-state index contributed by atoms with van der Waals surface area (Å²) < 4.78 is 1.56. The van der Waals surface area contributed by atoms with Gasteiger partial charge in [0.1, 0.15) is 0 Å². The van der Waals surface area contributed by atoms with E-state index >= 15 is 0 Å². The van der Waals surface area contributed by atoms with Crippen LogP contribution in [0.2, 0.25) is 0 Å². The van der Waals surface area contributed by atoms with Crippen molar-refractivity contribution in [3.05, 3.63) is 101 Å². The Balaban J connectivity index is 0.00000134. The SMILES string of the molecule is CCCCCCCCc1cccc(C2=C(CCCC)C(CCCCC)=C(c3cccc(CCCC)c3)[N+]2=[N-])c1.[CH2-]CCCCCCCCCCCCCCCCCCCCCC.[CH2-]CCCCCCCCCCCCCCCCCCCCCC.[Ni+2]. The second kappa shape index (κ2) is 66.0. The van der Waals surface area contributed by atoms with E-state index in [-0.39, 0.29) is 16.5 Å². The standard InChI is InChI=1S/C37H54N2.2C23H47.Ni/c1-5-9-13-14-15-17-21-31-23-19-25-33(29-31)36-34(26-12-8-4)35(27-16-10-6-2)37(39(36)38)32-24-18-22-30(28-32)20-11-7-3;2*1-3-5-7-9-11-13-15-17-19-21-23-22-20-18-16-14-12-10-8-6-4-2;/h18-19,22-25,28-29H,5-17,20-21,26-27H2,1-4H3;2*1,3-23H2,2H3;/q;2*-1;+2. The van der Waals surface area contributed by atoms with E-state index in [1.165, 1.54) is 350 Å². The molecular formula is C83H148N2Ni. The van der Waals surface area contributed by atoms with E-state index < -0.39 is 0 Å². The van der Waals surface area contributed by atoms with E-state index in [9.17, 15) is 5.53 Å². The molecule has 0 spiro atoms. The van der Waals surface area contributed by atoms with Crippen LogP contribution in [0, 0.1) is 13.8 Å². The molecule has 2 aromatic rings. The van der Waals surface area contributed by atoms with Gasteiger partial charge in [-0.3, -0.25) is 0 Å². The van der Waals surface area contributed by atoms with Crippen LogP contribution in [0.15, 0.2) is 59.7 Å². The maximum Gasteiger partial charge on any atom is 2.00 e. The molecule has 0 aromatic heterocycles. The van der Waals surface area contributed by atoms with Crippen LogP contribution < -0.4 is 0 Å². The predicted molar refractivity (Wildman–Crippen MR) is 386 cm³/mol. The van der Waals surface area contributed by atoms with Crippen molar-refractivity contribution in [1.29, 1.82) is 0 Å². The summed E-state index contributed by atoms with van der Waals surface area (Å²) in [6.07, 6.45) is 81.1. The van der Waals surface area contributed by atoms with E-state index in [0.29, 0.717) is 0 Å². The molecule has 0 bridgehead atoms. The van der Waals surface area contributed by atoms with Crippen LogP contribution in [0.5, 0.6) is 0 Å². The minimum atomic E-state index is 0. The summed E-state index contributed by atoms with van der Waals surface area (Å²) >= 11 is 0. The van der Waals surface area contributed by atoms with Gasteiger partial charge in [0.05, 0.1) is 0 Å². The maximum absolute atomic E-state index is 11.9. The summed E-state index contributed by atoms with van der Waals surface area (Å²) in [6, 6.07) is 18.0. The summed E-state index contributed by atoms with van der Waals surface area (Å²) in [5, 5.41) is 0. The van der Waals surface area contributed by atoms with E-state index in [1.54, 1.807) is 4.70 Å². The van der Waals surface area contributed by atoms with Crippen LogP contribution in [0.4, 0.5) is 0 Å². The number of hydrogen-bond donors (Lipinski definition) is 0. The van der Waals surface area contributed by atoms with Gasteiger partial charge in [-0.25, -0.2) is 4.70 Å². The third-order valence-electron chi connectivity index (χ3n) is 18.4. The third-order valence-corrected chi connectivity index (χ3v) is 18.4. The molecule has 0 atom stereocenters. The van der Waals surface area contributed by atoms with Crippen LogP contribution in [-0.4, -0.2) is 4.70 Å². The van der Waals surface area contributed by atoms with Crippen LogP contribution in [0.1, 0.15) is 430 Å². The maximum atomic E-state index is 11.9. The summed E-state index contributed by atoms with van der Waals surface area (Å²) in [6.45, 7) is 21.5. The Kier molecular flexibility index (Phi) is 64.4. The first-order chi connectivity index (χ1) is 42.0. The molecule has 2 nitrogen and oxygen atoms in total. The van der Waals surface area contributed by atoms with E-state index in [0.717, 1.165) is 73.9 Å². The Morgan fingerprint density at radius 2 is 0.477 bits per heavy atom. The zero-order valence-corrected chi connectivity index (χ0v) is 60.0. The van der Waals surface area contributed by atoms with Gasteiger partial charge in [0.15, 0.2) is 0 Å². The zero-order chi connectivity index (χ0) is 61.6. The Labute approximate surface area is 551 Å². The predicted octanol–water partition coefficient (Wildman–Crippen LogP) is 29.9. The van der Waals surface area contributed by atoms with Gasteiger partial charge in [-0.1, -0.05) is 380 Å². The fourth-order valence-corrected chi connectivity index (χ4v) is 12.8. The van der Waals surface area contributed by atoms with Gasteiger partial charge in [0.25, 0.3) is 0 Å². The first kappa shape index (κ1) is 84.0. The van der Waals surface area contributed by atoms with Gasteiger partial charge < -0.3 is 19.4 Å². The molecule has 0 unspecified atom stereocenters. The van der Waals surface area contributed by atoms with Crippen molar-refractivity contribution in [3.63, 3.8) is 0 Å². The third kappa shape index (κ3) is 47.0. The molecule has 0 fully saturated rings. The van der Waals surface area contributed by atoms with Crippen molar-refractivity contribution < 1.29 is 21.2 Å². The summed E-state index contributed by atoms with van der Waals surface area (Å²) in [7, 11) is 0. The van der Waals surface area contributed by atoms with Crippen LogP contribution in [0.3, 0.4) is 0 Å². The normalized spacial score (nSPS) is 12.2. The van der Waals surface area contributed by atoms with Crippen molar-refractivity contribution in [1.82, 2.24) is 0 Å². The molecule has 1 aliphatic rings. The van der Waals surface area contributed by atoms with Gasteiger partial charge >= 0.3 is 16.5 Å². The fourth-order valence-electron chi connectivity index (χ4n) is 12.8. The average molecular weight is 1230 g/mol. The summed E-state index contributed by atoms with van der Waals surface area (Å²) in [4.78, 5) is 0. The molecule has 3 heteroatoms. The number of aryl methyl sites for hydroxylation is 2. The molecule has 86 heavy (non-hydrogen) atoms. The second-order valence-electron chi connectivity index (χ2n) is 26.7. The fraction of sp³-hybridized carbons (Fsp3) is 0.783. The number of hydrogen-bond acceptors (Lipinski definition) is 0. The Morgan fingerprint density at radius 3 is 0.756 bits per heavy atom. The van der Waals surface area contributed by atoms with E-state index in [4.69, 9.17) is 0 Å². The minimum absolute atomic E-state index is 0. The van der Waals surface area contributed by atoms with Crippen LogP contribution >= 0.6 is 0 Å². The first-order valence-electron chi connectivity index (χ1n) is 38.7. The number of unbranched alkanes of at least 4 members (excludes halogenated alkanes) is 49. The Hall–Kier alpha value is -1.99. The molecule has 0 saturated carbocycles. The summed E-state index contributed by atoms with van der Waals surface area (Å²) in [5.41, 5.74) is 21.8. The molecular weight excluding hydrogens is 1080 g/mol. The molecule has 0 radical (unpaired) electrons. The van der Waals surface area contributed by atoms with Gasteiger partial charge in [-0.2, -0.15) is 12.8 Å². The second-order valence-corrected chi connectivity index (χ2v) is 26.7. The van der Waals surface area contributed by atoms with Gasteiger partial charge in [-0.05, 0) is 86.8 Å². The number of rotatable bonds is 59. The van der Waals surface area contributed by atoms with Crippen molar-refractivity contribution in [2.45, 2.75) is 420 Å². The minimum Gasteiger partial charge on any atom is -0.493 e. The molecule has 1 heterocycles. The van der Waals surface area contributed by atoms with Crippen LogP contribution in [-0.2, 0) is 29.3 Å². The molecule has 3 rings (SSSR count). The van der Waals surface area contributed by atoms with Crippen molar-refractivity contribution in [3.8, 4) is 0 Å². The molecule has 0 aliphatic carbocycles. The quantitative estimate of drug-likeness (QED) is 0.0273. The molecule has 0 saturated heterocycles. The number of allylic oxidation sites excluding steroid dienone is 2. The molecule has 500 valence electrons. The van der Waals surface area contributed by atoms with Gasteiger partial charge in [0.2, 0.25) is 11.4 Å². The molecule has 0 amide bonds.